The number of fused-ring (bicyclic) bond motifs is 1. The van der Waals surface area contributed by atoms with Gasteiger partial charge in [0, 0.05) is 16.8 Å². The SMILES string of the molecule is Cc1ccc2c(=O)cc(C(=O)Nc3ccc(Cl)cc3)oc2c1C. The first kappa shape index (κ1) is 15.3. The molecule has 0 saturated carbocycles. The molecule has 116 valence electrons. The Bertz CT molecular complexity index is 958. The van der Waals surface area contributed by atoms with E-state index in [4.69, 9.17) is 16.0 Å². The molecule has 23 heavy (non-hydrogen) atoms. The zero-order valence-corrected chi connectivity index (χ0v) is 13.4. The Kier molecular flexibility index (Phi) is 3.92. The van der Waals surface area contributed by atoms with Gasteiger partial charge in [0.05, 0.1) is 5.39 Å². The van der Waals surface area contributed by atoms with Crippen LogP contribution in [-0.2, 0) is 0 Å². The van der Waals surface area contributed by atoms with Crippen molar-refractivity contribution in [1.82, 2.24) is 0 Å². The molecule has 0 aliphatic heterocycles. The molecule has 0 unspecified atom stereocenters. The first-order chi connectivity index (χ1) is 11.0. The third-order valence-corrected chi connectivity index (χ3v) is 3.99. The predicted molar refractivity (Wildman–Crippen MR) is 91.4 cm³/mol. The summed E-state index contributed by atoms with van der Waals surface area (Å²) < 4.78 is 5.67. The Morgan fingerprint density at radius 1 is 1.09 bits per heavy atom. The van der Waals surface area contributed by atoms with E-state index in [1.165, 1.54) is 6.07 Å². The van der Waals surface area contributed by atoms with Gasteiger partial charge < -0.3 is 9.73 Å². The number of amides is 1. The summed E-state index contributed by atoms with van der Waals surface area (Å²) in [5, 5.41) is 3.73. The van der Waals surface area contributed by atoms with Gasteiger partial charge in [-0.2, -0.15) is 0 Å². The van der Waals surface area contributed by atoms with Crippen LogP contribution in [0.4, 0.5) is 5.69 Å². The average Bonchev–Trinajstić information content (AvgIpc) is 2.53. The van der Waals surface area contributed by atoms with Gasteiger partial charge in [-0.05, 0) is 55.3 Å². The molecule has 0 bridgehead atoms. The molecule has 5 heteroatoms. The van der Waals surface area contributed by atoms with Gasteiger partial charge in [0.25, 0.3) is 5.91 Å². The molecule has 0 aliphatic rings. The molecule has 3 rings (SSSR count). The number of aryl methyl sites for hydroxylation is 2. The van der Waals surface area contributed by atoms with Crippen LogP contribution in [0, 0.1) is 13.8 Å². The molecule has 0 fully saturated rings. The number of hydrogen-bond donors (Lipinski definition) is 1. The minimum atomic E-state index is -0.479. The van der Waals surface area contributed by atoms with E-state index in [0.29, 0.717) is 21.7 Å². The number of halogens is 1. The Balaban J connectivity index is 2.02. The topological polar surface area (TPSA) is 59.3 Å². The van der Waals surface area contributed by atoms with Crippen LogP contribution in [-0.4, -0.2) is 5.91 Å². The van der Waals surface area contributed by atoms with Crippen molar-refractivity contribution in [1.29, 1.82) is 0 Å². The summed E-state index contributed by atoms with van der Waals surface area (Å²) in [6.45, 7) is 3.79. The molecule has 1 aromatic heterocycles. The second kappa shape index (κ2) is 5.89. The fraction of sp³-hybridized carbons (Fsp3) is 0.111. The second-order valence-electron chi connectivity index (χ2n) is 5.32. The van der Waals surface area contributed by atoms with Gasteiger partial charge in [-0.3, -0.25) is 9.59 Å². The third kappa shape index (κ3) is 2.98. The van der Waals surface area contributed by atoms with Gasteiger partial charge in [-0.15, -0.1) is 0 Å². The van der Waals surface area contributed by atoms with E-state index in [1.807, 2.05) is 19.9 Å². The summed E-state index contributed by atoms with van der Waals surface area (Å²) in [7, 11) is 0. The number of rotatable bonds is 2. The highest BCUT2D eigenvalue weighted by Crippen LogP contribution is 2.21. The van der Waals surface area contributed by atoms with E-state index < -0.39 is 5.91 Å². The maximum atomic E-state index is 12.3. The van der Waals surface area contributed by atoms with Gasteiger partial charge >= 0.3 is 0 Å². The largest absolute Gasteiger partial charge is 0.450 e. The lowest BCUT2D eigenvalue weighted by atomic mass is 10.1. The average molecular weight is 328 g/mol. The second-order valence-corrected chi connectivity index (χ2v) is 5.76. The van der Waals surface area contributed by atoms with Gasteiger partial charge in [-0.1, -0.05) is 17.7 Å². The Hall–Kier alpha value is -2.59. The molecule has 2 aromatic carbocycles. The van der Waals surface area contributed by atoms with Crippen LogP contribution < -0.4 is 10.7 Å². The van der Waals surface area contributed by atoms with Crippen LogP contribution in [0.15, 0.2) is 51.7 Å². The van der Waals surface area contributed by atoms with Crippen molar-refractivity contribution >= 4 is 34.2 Å². The summed E-state index contributed by atoms with van der Waals surface area (Å²) in [5.41, 5.74) is 2.62. The maximum absolute atomic E-state index is 12.3. The molecule has 0 radical (unpaired) electrons. The Morgan fingerprint density at radius 2 is 1.78 bits per heavy atom. The molecule has 0 saturated heterocycles. The lowest BCUT2D eigenvalue weighted by Gasteiger charge is -2.08. The number of benzene rings is 2. The highest BCUT2D eigenvalue weighted by atomic mass is 35.5. The first-order valence-corrected chi connectivity index (χ1v) is 7.44. The van der Waals surface area contributed by atoms with Crippen molar-refractivity contribution in [2.24, 2.45) is 0 Å². The minimum absolute atomic E-state index is 0.0221. The summed E-state index contributed by atoms with van der Waals surface area (Å²) in [6.07, 6.45) is 0. The molecule has 0 aliphatic carbocycles. The molecule has 0 spiro atoms. The van der Waals surface area contributed by atoms with Crippen molar-refractivity contribution in [3.8, 4) is 0 Å². The Labute approximate surface area is 137 Å². The smallest absolute Gasteiger partial charge is 0.291 e. The quantitative estimate of drug-likeness (QED) is 0.762. The van der Waals surface area contributed by atoms with E-state index >= 15 is 0 Å². The number of nitrogens with one attached hydrogen (secondary N) is 1. The van der Waals surface area contributed by atoms with Crippen LogP contribution in [0.2, 0.25) is 5.02 Å². The summed E-state index contributed by atoms with van der Waals surface area (Å²) in [4.78, 5) is 24.5. The first-order valence-electron chi connectivity index (χ1n) is 7.06. The van der Waals surface area contributed by atoms with Crippen LogP contribution in [0.1, 0.15) is 21.7 Å². The molecule has 1 amide bonds. The van der Waals surface area contributed by atoms with Gasteiger partial charge in [0.1, 0.15) is 5.58 Å². The van der Waals surface area contributed by atoms with Crippen LogP contribution >= 0.6 is 11.6 Å². The minimum Gasteiger partial charge on any atom is -0.450 e. The van der Waals surface area contributed by atoms with Gasteiger partial charge in [0.2, 0.25) is 0 Å². The van der Waals surface area contributed by atoms with E-state index in [-0.39, 0.29) is 11.2 Å². The lowest BCUT2D eigenvalue weighted by molar-refractivity contribution is 0.0997. The monoisotopic (exact) mass is 327 g/mol. The summed E-state index contributed by atoms with van der Waals surface area (Å²) in [5.74, 6) is -0.502. The van der Waals surface area contributed by atoms with E-state index in [2.05, 4.69) is 5.32 Å². The van der Waals surface area contributed by atoms with Crippen molar-refractivity contribution in [2.45, 2.75) is 13.8 Å². The standard InChI is InChI=1S/C18H14ClNO3/c1-10-3-8-14-15(21)9-16(23-17(14)11(10)2)18(22)20-13-6-4-12(19)5-7-13/h3-9H,1-2H3,(H,20,22). The van der Waals surface area contributed by atoms with Crippen molar-refractivity contribution in [3.63, 3.8) is 0 Å². The van der Waals surface area contributed by atoms with Crippen LogP contribution in [0.5, 0.6) is 0 Å². The highest BCUT2D eigenvalue weighted by molar-refractivity contribution is 6.30. The molecule has 1 N–H and O–H groups in total. The van der Waals surface area contributed by atoms with Crippen molar-refractivity contribution < 1.29 is 9.21 Å². The molecular formula is C18H14ClNO3. The van der Waals surface area contributed by atoms with Crippen molar-refractivity contribution in [3.05, 3.63) is 74.6 Å². The Morgan fingerprint density at radius 3 is 2.48 bits per heavy atom. The number of anilines is 1. The molecule has 1 heterocycles. The number of carbonyl (C=O) groups is 1. The van der Waals surface area contributed by atoms with E-state index in [1.54, 1.807) is 30.3 Å². The molecular weight excluding hydrogens is 314 g/mol. The normalized spacial score (nSPS) is 10.7. The molecule has 3 aromatic rings. The zero-order valence-electron chi connectivity index (χ0n) is 12.6. The fourth-order valence-corrected chi connectivity index (χ4v) is 2.42. The lowest BCUT2D eigenvalue weighted by Crippen LogP contribution is -2.15. The number of carbonyl (C=O) groups excluding carboxylic acids is 1. The zero-order chi connectivity index (χ0) is 16.6. The van der Waals surface area contributed by atoms with Crippen LogP contribution in [0.3, 0.4) is 0 Å². The van der Waals surface area contributed by atoms with Gasteiger partial charge in [-0.25, -0.2) is 0 Å². The van der Waals surface area contributed by atoms with E-state index in [9.17, 15) is 9.59 Å². The summed E-state index contributed by atoms with van der Waals surface area (Å²) in [6, 6.07) is 11.5. The van der Waals surface area contributed by atoms with Crippen molar-refractivity contribution in [2.75, 3.05) is 5.32 Å². The van der Waals surface area contributed by atoms with Crippen LogP contribution in [0.25, 0.3) is 11.0 Å². The number of hydrogen-bond acceptors (Lipinski definition) is 3. The highest BCUT2D eigenvalue weighted by Gasteiger charge is 2.14. The molecule has 0 atom stereocenters. The van der Waals surface area contributed by atoms with E-state index in [0.717, 1.165) is 11.1 Å². The third-order valence-electron chi connectivity index (χ3n) is 3.74. The predicted octanol–water partition coefficient (Wildman–Crippen LogP) is 4.32. The molecule has 4 nitrogen and oxygen atoms in total. The van der Waals surface area contributed by atoms with Gasteiger partial charge in [0.15, 0.2) is 11.2 Å². The maximum Gasteiger partial charge on any atom is 0.291 e. The summed E-state index contributed by atoms with van der Waals surface area (Å²) >= 11 is 5.81. The fourth-order valence-electron chi connectivity index (χ4n) is 2.29.